The third-order valence-electron chi connectivity index (χ3n) is 4.10. The third-order valence-corrected chi connectivity index (χ3v) is 4.95. The van der Waals surface area contributed by atoms with E-state index in [0.717, 1.165) is 22.5 Å². The Labute approximate surface area is 159 Å². The van der Waals surface area contributed by atoms with Crippen molar-refractivity contribution in [2.24, 2.45) is 0 Å². The highest BCUT2D eigenvalue weighted by Crippen LogP contribution is 2.35. The smallest absolute Gasteiger partial charge is 0.261 e. The summed E-state index contributed by atoms with van der Waals surface area (Å²) < 4.78 is 11.0. The molecular formula is C21H14NO4S-. The van der Waals surface area contributed by atoms with E-state index < -0.39 is 5.97 Å². The van der Waals surface area contributed by atoms with E-state index in [0.29, 0.717) is 22.4 Å². The van der Waals surface area contributed by atoms with E-state index in [-0.39, 0.29) is 10.1 Å². The van der Waals surface area contributed by atoms with Crippen LogP contribution in [-0.4, -0.2) is 18.1 Å². The predicted octanol–water partition coefficient (Wildman–Crippen LogP) is 3.87. The largest absolute Gasteiger partial charge is 0.544 e. The number of hydrogen-bond donors (Lipinski definition) is 0. The molecule has 6 heteroatoms. The number of methoxy groups -OCH3 is 1. The van der Waals surface area contributed by atoms with Crippen LogP contribution in [0.3, 0.4) is 0 Å². The van der Waals surface area contributed by atoms with Gasteiger partial charge >= 0.3 is 0 Å². The van der Waals surface area contributed by atoms with Gasteiger partial charge in [-0.2, -0.15) is 0 Å². The monoisotopic (exact) mass is 376 g/mol. The molecule has 0 atom stereocenters. The summed E-state index contributed by atoms with van der Waals surface area (Å²) in [5.41, 5.74) is 1.93. The molecule has 0 fully saturated rings. The van der Waals surface area contributed by atoms with Gasteiger partial charge in [0.25, 0.3) is 5.22 Å². The molecule has 0 N–H and O–H groups in total. The highest BCUT2D eigenvalue weighted by atomic mass is 32.2. The van der Waals surface area contributed by atoms with Gasteiger partial charge in [0.15, 0.2) is 5.58 Å². The van der Waals surface area contributed by atoms with Gasteiger partial charge < -0.3 is 19.1 Å². The number of rotatable bonds is 5. The maximum atomic E-state index is 11.7. The number of hydrogen-bond acceptors (Lipinski definition) is 6. The molecule has 0 saturated heterocycles. The Hall–Kier alpha value is -3.25. The number of aromatic nitrogens is 1. The Kier molecular flexibility index (Phi) is 4.56. The predicted molar refractivity (Wildman–Crippen MR) is 103 cm³/mol. The Balaban J connectivity index is 1.81. The molecular weight excluding hydrogens is 362 g/mol. The molecule has 0 bridgehead atoms. The molecule has 3 aromatic carbocycles. The molecule has 0 radical (unpaired) electrons. The van der Waals surface area contributed by atoms with Gasteiger partial charge in [0.2, 0.25) is 0 Å². The molecule has 0 aliphatic heterocycles. The Morgan fingerprint density at radius 2 is 1.89 bits per heavy atom. The van der Waals surface area contributed by atoms with Crippen LogP contribution in [0.2, 0.25) is 0 Å². The number of benzene rings is 3. The van der Waals surface area contributed by atoms with Crippen molar-refractivity contribution in [3.05, 3.63) is 71.1 Å². The highest BCUT2D eigenvalue weighted by molar-refractivity contribution is 8.03. The second kappa shape index (κ2) is 7.17. The van der Waals surface area contributed by atoms with Gasteiger partial charge in [0.05, 0.1) is 13.1 Å². The number of carboxylic acids is 1. The van der Waals surface area contributed by atoms with Gasteiger partial charge in [-0.1, -0.05) is 42.5 Å². The summed E-state index contributed by atoms with van der Waals surface area (Å²) in [4.78, 5) is 16.0. The minimum absolute atomic E-state index is 0.0174. The van der Waals surface area contributed by atoms with Crippen LogP contribution in [0.15, 0.2) is 75.2 Å². The lowest BCUT2D eigenvalue weighted by molar-refractivity contribution is -0.298. The van der Waals surface area contributed by atoms with Crippen LogP contribution in [0, 0.1) is 0 Å². The average molecular weight is 376 g/mol. The zero-order valence-electron chi connectivity index (χ0n) is 14.3. The molecule has 1 aromatic heterocycles. The maximum Gasteiger partial charge on any atom is 0.261 e. The van der Waals surface area contributed by atoms with Crippen LogP contribution in [-0.2, 0) is 4.79 Å². The highest BCUT2D eigenvalue weighted by Gasteiger charge is 2.13. The standard InChI is InChI=1S/C21H15NO4S/c1-25-17-11-10-13-6-2-3-7-14(13)15(17)12-19(20(23)24)27-21-22-16-8-4-5-9-18(16)26-21/h2-12H,1H3,(H,23,24)/p-1/b19-12-. The molecule has 0 unspecified atom stereocenters. The number of carboxylic acid groups (broad SMARTS) is 1. The molecule has 0 aliphatic rings. The first kappa shape index (κ1) is 17.2. The van der Waals surface area contributed by atoms with Crippen molar-refractivity contribution >= 4 is 45.7 Å². The summed E-state index contributed by atoms with van der Waals surface area (Å²) in [6.07, 6.45) is 1.54. The number of carbonyl (C=O) groups is 1. The van der Waals surface area contributed by atoms with Crippen molar-refractivity contribution < 1.29 is 19.1 Å². The van der Waals surface area contributed by atoms with Gasteiger partial charge in [0, 0.05) is 10.5 Å². The van der Waals surface area contributed by atoms with Crippen LogP contribution in [0.4, 0.5) is 0 Å². The molecule has 0 saturated carbocycles. The number of fused-ring (bicyclic) bond motifs is 2. The summed E-state index contributed by atoms with van der Waals surface area (Å²) >= 11 is 0.911. The Bertz CT molecular complexity index is 1150. The van der Waals surface area contributed by atoms with E-state index in [1.54, 1.807) is 19.2 Å². The molecule has 5 nitrogen and oxygen atoms in total. The summed E-state index contributed by atoms with van der Waals surface area (Å²) in [6, 6.07) is 18.7. The number of ether oxygens (including phenoxy) is 1. The first-order valence-electron chi connectivity index (χ1n) is 8.18. The van der Waals surface area contributed by atoms with E-state index >= 15 is 0 Å². The van der Waals surface area contributed by atoms with Crippen molar-refractivity contribution in [1.82, 2.24) is 4.98 Å². The van der Waals surface area contributed by atoms with Crippen LogP contribution in [0.25, 0.3) is 27.9 Å². The number of aliphatic carboxylic acids is 1. The van der Waals surface area contributed by atoms with Crippen molar-refractivity contribution in [2.75, 3.05) is 7.11 Å². The summed E-state index contributed by atoms with van der Waals surface area (Å²) in [5.74, 6) is -0.733. The lowest BCUT2D eigenvalue weighted by atomic mass is 10.0. The van der Waals surface area contributed by atoms with E-state index in [1.807, 2.05) is 48.5 Å². The number of carbonyl (C=O) groups excluding carboxylic acids is 1. The second-order valence-corrected chi connectivity index (χ2v) is 6.74. The normalized spacial score (nSPS) is 11.8. The number of para-hydroxylation sites is 2. The second-order valence-electron chi connectivity index (χ2n) is 5.75. The number of nitrogens with zero attached hydrogens (tertiary/aromatic N) is 1. The van der Waals surface area contributed by atoms with Crippen molar-refractivity contribution in [1.29, 1.82) is 0 Å². The fourth-order valence-corrected chi connectivity index (χ4v) is 3.58. The minimum atomic E-state index is -1.31. The first-order valence-corrected chi connectivity index (χ1v) is 8.99. The lowest BCUT2D eigenvalue weighted by Gasteiger charge is -2.11. The van der Waals surface area contributed by atoms with Crippen LogP contribution in [0.5, 0.6) is 5.75 Å². The molecule has 0 aliphatic carbocycles. The van der Waals surface area contributed by atoms with E-state index in [4.69, 9.17) is 9.15 Å². The molecule has 0 amide bonds. The van der Waals surface area contributed by atoms with Crippen LogP contribution >= 0.6 is 11.8 Å². The van der Waals surface area contributed by atoms with Crippen LogP contribution < -0.4 is 9.84 Å². The maximum absolute atomic E-state index is 11.7. The molecule has 4 rings (SSSR count). The van der Waals surface area contributed by atoms with Gasteiger partial charge in [-0.15, -0.1) is 0 Å². The van der Waals surface area contributed by atoms with E-state index in [9.17, 15) is 9.90 Å². The van der Waals surface area contributed by atoms with Crippen molar-refractivity contribution in [3.8, 4) is 5.75 Å². The van der Waals surface area contributed by atoms with Crippen molar-refractivity contribution in [3.63, 3.8) is 0 Å². The summed E-state index contributed by atoms with van der Waals surface area (Å²) in [5, 5.41) is 13.9. The van der Waals surface area contributed by atoms with E-state index in [1.165, 1.54) is 6.08 Å². The molecule has 0 spiro atoms. The van der Waals surface area contributed by atoms with Crippen LogP contribution in [0.1, 0.15) is 5.56 Å². The Morgan fingerprint density at radius 1 is 1.11 bits per heavy atom. The molecule has 27 heavy (non-hydrogen) atoms. The minimum Gasteiger partial charge on any atom is -0.544 e. The van der Waals surface area contributed by atoms with Crippen molar-refractivity contribution in [2.45, 2.75) is 5.22 Å². The topological polar surface area (TPSA) is 75.4 Å². The summed E-state index contributed by atoms with van der Waals surface area (Å²) in [6.45, 7) is 0. The lowest BCUT2D eigenvalue weighted by Crippen LogP contribution is -2.23. The average Bonchev–Trinajstić information content (AvgIpc) is 3.10. The SMILES string of the molecule is COc1ccc2ccccc2c1/C=C(\Sc1nc2ccccc2o1)C(=O)[O-]. The Morgan fingerprint density at radius 3 is 2.67 bits per heavy atom. The van der Waals surface area contributed by atoms with Gasteiger partial charge in [-0.25, -0.2) is 4.98 Å². The third kappa shape index (κ3) is 3.39. The summed E-state index contributed by atoms with van der Waals surface area (Å²) in [7, 11) is 1.55. The first-order chi connectivity index (χ1) is 13.2. The fourth-order valence-electron chi connectivity index (χ4n) is 2.85. The zero-order chi connectivity index (χ0) is 18.8. The van der Waals surface area contributed by atoms with E-state index in [2.05, 4.69) is 4.98 Å². The number of oxazole rings is 1. The fraction of sp³-hybridized carbons (Fsp3) is 0.0476. The van der Waals surface area contributed by atoms with Gasteiger partial charge in [-0.3, -0.25) is 0 Å². The molecule has 134 valence electrons. The quantitative estimate of drug-likeness (QED) is 0.389. The molecule has 4 aromatic rings. The zero-order valence-corrected chi connectivity index (χ0v) is 15.2. The van der Waals surface area contributed by atoms with Gasteiger partial charge in [0.1, 0.15) is 11.3 Å². The number of thioether (sulfide) groups is 1. The van der Waals surface area contributed by atoms with Gasteiger partial charge in [-0.05, 0) is 46.8 Å². The molecule has 1 heterocycles.